The highest BCUT2D eigenvalue weighted by Crippen LogP contribution is 2.32. The average Bonchev–Trinajstić information content (AvgIpc) is 3.46. The second-order valence-corrected chi connectivity index (χ2v) is 7.31. The Balaban J connectivity index is 1.55. The number of nitriles is 1. The monoisotopic (exact) mass is 374 g/mol. The average molecular weight is 374 g/mol. The van der Waals surface area contributed by atoms with Crippen molar-refractivity contribution in [3.63, 3.8) is 0 Å². The molecular weight excluding hydrogens is 352 g/mol. The number of nitrogens with zero attached hydrogens (tertiary/aromatic N) is 7. The zero-order valence-corrected chi connectivity index (χ0v) is 15.6. The molecule has 1 fully saturated rings. The zero-order valence-electron chi connectivity index (χ0n) is 15.6. The molecule has 1 aliphatic rings. The van der Waals surface area contributed by atoms with E-state index in [9.17, 15) is 0 Å². The lowest BCUT2D eigenvalue weighted by atomic mass is 10.0. The molecule has 0 atom stereocenters. The number of piperidine rings is 1. The van der Waals surface area contributed by atoms with Crippen LogP contribution in [0.5, 0.6) is 0 Å². The predicted molar refractivity (Wildman–Crippen MR) is 106 cm³/mol. The number of rotatable bonds is 5. The van der Waals surface area contributed by atoms with Crippen LogP contribution in [-0.4, -0.2) is 53.8 Å². The van der Waals surface area contributed by atoms with Gasteiger partial charge in [-0.3, -0.25) is 4.68 Å². The first kappa shape index (κ1) is 17.0. The van der Waals surface area contributed by atoms with Crippen molar-refractivity contribution < 1.29 is 0 Å². The second-order valence-electron chi connectivity index (χ2n) is 7.31. The maximum atomic E-state index is 8.85. The van der Waals surface area contributed by atoms with E-state index in [1.165, 1.54) is 0 Å². The summed E-state index contributed by atoms with van der Waals surface area (Å²) >= 11 is 0. The van der Waals surface area contributed by atoms with Crippen molar-refractivity contribution in [2.24, 2.45) is 0 Å². The summed E-state index contributed by atoms with van der Waals surface area (Å²) in [6.45, 7) is 3.52. The van der Waals surface area contributed by atoms with Crippen LogP contribution in [0.25, 0.3) is 22.1 Å². The summed E-state index contributed by atoms with van der Waals surface area (Å²) in [5.41, 5.74) is 2.98. The summed E-state index contributed by atoms with van der Waals surface area (Å²) in [5, 5.41) is 14.3. The number of H-pyrrole nitrogens is 1. The summed E-state index contributed by atoms with van der Waals surface area (Å²) < 4.78 is 4.33. The van der Waals surface area contributed by atoms with Crippen molar-refractivity contribution in [3.8, 4) is 6.07 Å². The van der Waals surface area contributed by atoms with Crippen LogP contribution < -0.4 is 0 Å². The van der Waals surface area contributed by atoms with Crippen LogP contribution in [0.2, 0.25) is 0 Å². The Morgan fingerprint density at radius 1 is 1.29 bits per heavy atom. The normalized spacial score (nSPS) is 16.1. The van der Waals surface area contributed by atoms with Gasteiger partial charge in [-0.25, -0.2) is 9.97 Å². The molecule has 0 amide bonds. The van der Waals surface area contributed by atoms with Crippen molar-refractivity contribution in [1.29, 1.82) is 5.26 Å². The second kappa shape index (κ2) is 7.09. The Morgan fingerprint density at radius 3 is 2.96 bits per heavy atom. The molecule has 1 saturated heterocycles. The van der Waals surface area contributed by atoms with E-state index in [1.54, 1.807) is 6.20 Å². The summed E-state index contributed by atoms with van der Waals surface area (Å²) in [5.74, 6) is 1.02. The third-order valence-corrected chi connectivity index (χ3v) is 5.63. The Labute approximate surface area is 162 Å². The fourth-order valence-electron chi connectivity index (χ4n) is 4.29. The first-order chi connectivity index (χ1) is 13.8. The Morgan fingerprint density at radius 2 is 2.18 bits per heavy atom. The van der Waals surface area contributed by atoms with Crippen molar-refractivity contribution in [1.82, 2.24) is 34.2 Å². The van der Waals surface area contributed by atoms with Gasteiger partial charge in [-0.15, -0.1) is 0 Å². The van der Waals surface area contributed by atoms with E-state index >= 15 is 0 Å². The summed E-state index contributed by atoms with van der Waals surface area (Å²) in [7, 11) is 0. The molecule has 5 rings (SSSR count). The molecule has 1 aliphatic heterocycles. The molecule has 142 valence electrons. The minimum absolute atomic E-state index is 0.384. The molecule has 0 aliphatic carbocycles. The highest BCUT2D eigenvalue weighted by molar-refractivity contribution is 6.01. The van der Waals surface area contributed by atoms with E-state index in [0.29, 0.717) is 19.0 Å². The smallest absolute Gasteiger partial charge is 0.139 e. The minimum Gasteiger partial charge on any atom is -0.346 e. The lowest BCUT2D eigenvalue weighted by molar-refractivity contribution is 0.190. The molecule has 0 unspecified atom stereocenters. The minimum atomic E-state index is 0.384. The van der Waals surface area contributed by atoms with Crippen LogP contribution in [0.3, 0.4) is 0 Å². The summed E-state index contributed by atoms with van der Waals surface area (Å²) in [6, 6.07) is 6.66. The van der Waals surface area contributed by atoms with Gasteiger partial charge in [0.05, 0.1) is 24.3 Å². The molecule has 1 N–H and O–H groups in total. The highest BCUT2D eigenvalue weighted by atomic mass is 15.3. The van der Waals surface area contributed by atoms with E-state index < -0.39 is 0 Å². The van der Waals surface area contributed by atoms with Gasteiger partial charge in [0.1, 0.15) is 17.0 Å². The lowest BCUT2D eigenvalue weighted by Crippen LogP contribution is -2.35. The third-order valence-electron chi connectivity index (χ3n) is 5.63. The first-order valence-electron chi connectivity index (χ1n) is 9.73. The van der Waals surface area contributed by atoms with Gasteiger partial charge in [0, 0.05) is 56.1 Å². The largest absolute Gasteiger partial charge is 0.346 e. The van der Waals surface area contributed by atoms with E-state index in [2.05, 4.69) is 36.7 Å². The third kappa shape index (κ3) is 2.94. The molecule has 8 heteroatoms. The molecule has 0 bridgehead atoms. The lowest BCUT2D eigenvalue weighted by Gasteiger charge is -2.33. The topological polar surface area (TPSA) is 91.3 Å². The fourth-order valence-corrected chi connectivity index (χ4v) is 4.29. The molecule has 0 saturated carbocycles. The molecule has 0 spiro atoms. The molecule has 0 aromatic carbocycles. The van der Waals surface area contributed by atoms with E-state index in [1.807, 2.05) is 29.3 Å². The number of fused-ring (bicyclic) bond motifs is 3. The van der Waals surface area contributed by atoms with Gasteiger partial charge in [-0.1, -0.05) is 0 Å². The van der Waals surface area contributed by atoms with Crippen LogP contribution in [0, 0.1) is 11.3 Å². The number of pyridine rings is 1. The maximum absolute atomic E-state index is 8.85. The van der Waals surface area contributed by atoms with Crippen molar-refractivity contribution >= 4 is 22.1 Å². The number of aromatic nitrogens is 6. The molecule has 4 aromatic rings. The van der Waals surface area contributed by atoms with Crippen molar-refractivity contribution in [2.75, 3.05) is 19.6 Å². The highest BCUT2D eigenvalue weighted by Gasteiger charge is 2.26. The molecule has 5 heterocycles. The van der Waals surface area contributed by atoms with Gasteiger partial charge >= 0.3 is 0 Å². The molecule has 8 nitrogen and oxygen atoms in total. The first-order valence-corrected chi connectivity index (χ1v) is 9.73. The number of aromatic amines is 1. The number of hydrogen-bond acceptors (Lipinski definition) is 5. The van der Waals surface area contributed by atoms with Crippen LogP contribution in [0.15, 0.2) is 36.9 Å². The predicted octanol–water partition coefficient (Wildman–Crippen LogP) is 2.71. The number of imidazole rings is 1. The summed E-state index contributed by atoms with van der Waals surface area (Å²) in [4.78, 5) is 15.1. The Hall–Kier alpha value is -3.18. The number of likely N-dealkylation sites (tertiary alicyclic amines) is 1. The standard InChI is InChI=1S/C20H22N8/c21-6-1-9-26-11-4-15(5-12-26)28-18(14-27-10-2-7-24-27)25-17-13-23-20-16(19(17)28)3-8-22-20/h2-3,7-8,10,13,15H,1,4-5,9,11-12,14H2,(H,22,23). The molecular formula is C20H22N8. The quantitative estimate of drug-likeness (QED) is 0.580. The number of hydrogen-bond donors (Lipinski definition) is 1. The zero-order chi connectivity index (χ0) is 18.9. The maximum Gasteiger partial charge on any atom is 0.139 e. The summed E-state index contributed by atoms with van der Waals surface area (Å²) in [6.07, 6.45) is 10.3. The Kier molecular flexibility index (Phi) is 4.29. The Bertz CT molecular complexity index is 1120. The van der Waals surface area contributed by atoms with Gasteiger partial charge < -0.3 is 14.5 Å². The molecule has 0 radical (unpaired) electrons. The van der Waals surface area contributed by atoms with E-state index in [0.717, 1.165) is 60.4 Å². The van der Waals surface area contributed by atoms with Crippen molar-refractivity contribution in [2.45, 2.75) is 31.8 Å². The van der Waals surface area contributed by atoms with Gasteiger partial charge in [-0.05, 0) is 25.0 Å². The van der Waals surface area contributed by atoms with Gasteiger partial charge in [-0.2, -0.15) is 10.4 Å². The van der Waals surface area contributed by atoms with Crippen molar-refractivity contribution in [3.05, 3.63) is 42.7 Å². The molecule has 4 aromatic heterocycles. The van der Waals surface area contributed by atoms with Gasteiger partial charge in [0.25, 0.3) is 0 Å². The van der Waals surface area contributed by atoms with Crippen LogP contribution >= 0.6 is 0 Å². The fraction of sp³-hybridized carbons (Fsp3) is 0.400. The van der Waals surface area contributed by atoms with E-state index in [4.69, 9.17) is 10.2 Å². The van der Waals surface area contributed by atoms with Crippen LogP contribution in [0.4, 0.5) is 0 Å². The van der Waals surface area contributed by atoms with E-state index in [-0.39, 0.29) is 0 Å². The SMILES string of the molecule is N#CCCN1CCC(n2c(Cn3cccn3)nc3cnc4[nH]ccc4c32)CC1. The van der Waals surface area contributed by atoms with Crippen LogP contribution in [0.1, 0.15) is 31.1 Å². The van der Waals surface area contributed by atoms with Gasteiger partial charge in [0.15, 0.2) is 0 Å². The molecule has 28 heavy (non-hydrogen) atoms. The van der Waals surface area contributed by atoms with Crippen LogP contribution in [-0.2, 0) is 6.54 Å². The van der Waals surface area contributed by atoms with Gasteiger partial charge in [0.2, 0.25) is 0 Å². The number of nitrogens with one attached hydrogen (secondary N) is 1.